The van der Waals surface area contributed by atoms with Gasteiger partial charge in [-0.15, -0.1) is 0 Å². The molecular weight excluding hydrogens is 535 g/mol. The van der Waals surface area contributed by atoms with E-state index in [0.29, 0.717) is 46.5 Å². The second-order valence-electron chi connectivity index (χ2n) is 11.3. The molecule has 1 N–H and O–H groups in total. The molecule has 1 amide bonds. The highest BCUT2D eigenvalue weighted by atomic mass is 35.5. The minimum Gasteiger partial charge on any atom is -0.390 e. The van der Waals surface area contributed by atoms with E-state index in [0.717, 1.165) is 45.3 Å². The van der Waals surface area contributed by atoms with Crippen LogP contribution in [0.3, 0.4) is 0 Å². The van der Waals surface area contributed by atoms with Gasteiger partial charge in [-0.05, 0) is 83.7 Å². The van der Waals surface area contributed by atoms with Crippen LogP contribution in [-0.2, 0) is 6.42 Å². The summed E-state index contributed by atoms with van der Waals surface area (Å²) in [5.74, 6) is 1.10. The molecule has 3 heterocycles. The Morgan fingerprint density at radius 1 is 1.08 bits per heavy atom. The second kappa shape index (κ2) is 12.1. The normalized spacial score (nSPS) is 22.5. The van der Waals surface area contributed by atoms with Crippen LogP contribution in [0.1, 0.15) is 53.6 Å². The molecule has 2 aromatic carbocycles. The summed E-state index contributed by atoms with van der Waals surface area (Å²) in [6.07, 6.45) is 3.43. The number of hydrogen-bond acceptors (Lipinski definition) is 4. The molecule has 0 aliphatic carbocycles. The highest BCUT2D eigenvalue weighted by Crippen LogP contribution is 2.37. The van der Waals surface area contributed by atoms with Gasteiger partial charge in [0.25, 0.3) is 5.91 Å². The first-order valence-electron chi connectivity index (χ1n) is 13.5. The number of thiophene rings is 1. The predicted octanol–water partition coefficient (Wildman–Crippen LogP) is 7.01. The number of hydrogen-bond donors (Lipinski definition) is 1. The number of piperidine rings is 1. The van der Waals surface area contributed by atoms with Crippen LogP contribution in [0.4, 0.5) is 0 Å². The Morgan fingerprint density at radius 2 is 1.84 bits per heavy atom. The van der Waals surface area contributed by atoms with Crippen molar-refractivity contribution in [2.24, 2.45) is 11.8 Å². The van der Waals surface area contributed by atoms with E-state index >= 15 is 0 Å². The van der Waals surface area contributed by atoms with Gasteiger partial charge in [-0.3, -0.25) is 4.79 Å². The monoisotopic (exact) mass is 570 g/mol. The molecule has 4 nitrogen and oxygen atoms in total. The molecule has 7 heteroatoms. The lowest BCUT2D eigenvalue weighted by atomic mass is 9.81. The molecule has 3 aromatic rings. The number of amides is 1. The standard InChI is InChI=1S/C31H36Cl2N2O2S/c1-22(15-23-5-3-2-4-6-23)17-31(37)10-12-34(13-11-31)18-26-19-35(20-27(26)25-9-14-38-21-25)30(36)24-7-8-28(32)29(33)16-24/h2-9,14,16,21-22,26-27,37H,10-13,15,17-20H2,1H3/t22?,26?,27-/m0/s1. The van der Waals surface area contributed by atoms with E-state index in [2.05, 4.69) is 52.9 Å². The summed E-state index contributed by atoms with van der Waals surface area (Å²) in [7, 11) is 0. The van der Waals surface area contributed by atoms with Crippen LogP contribution in [0.5, 0.6) is 0 Å². The Labute approximate surface area is 240 Å². The topological polar surface area (TPSA) is 43.8 Å². The van der Waals surface area contributed by atoms with Crippen LogP contribution in [0.2, 0.25) is 10.0 Å². The molecule has 5 rings (SSSR count). The molecule has 2 aliphatic rings. The third-order valence-corrected chi connectivity index (χ3v) is 9.74. The number of carbonyl (C=O) groups is 1. The zero-order valence-electron chi connectivity index (χ0n) is 21.9. The van der Waals surface area contributed by atoms with Crippen molar-refractivity contribution in [1.29, 1.82) is 0 Å². The minimum absolute atomic E-state index is 0.00622. The van der Waals surface area contributed by atoms with Gasteiger partial charge in [0.1, 0.15) is 0 Å². The van der Waals surface area contributed by atoms with Gasteiger partial charge in [0.05, 0.1) is 15.6 Å². The van der Waals surface area contributed by atoms with Crippen LogP contribution < -0.4 is 0 Å². The van der Waals surface area contributed by atoms with Crippen molar-refractivity contribution in [3.63, 3.8) is 0 Å². The number of halogens is 2. The van der Waals surface area contributed by atoms with E-state index in [-0.39, 0.29) is 5.91 Å². The zero-order valence-corrected chi connectivity index (χ0v) is 24.2. The fourth-order valence-electron chi connectivity index (χ4n) is 6.32. The Kier molecular flexibility index (Phi) is 8.81. The number of carbonyl (C=O) groups excluding carboxylic acids is 1. The van der Waals surface area contributed by atoms with E-state index in [9.17, 15) is 9.90 Å². The van der Waals surface area contributed by atoms with E-state index in [1.165, 1.54) is 11.1 Å². The number of nitrogens with zero attached hydrogens (tertiary/aromatic N) is 2. The van der Waals surface area contributed by atoms with Crippen molar-refractivity contribution in [3.8, 4) is 0 Å². The fourth-order valence-corrected chi connectivity index (χ4v) is 7.35. The van der Waals surface area contributed by atoms with Gasteiger partial charge in [-0.1, -0.05) is 60.5 Å². The van der Waals surface area contributed by atoms with Crippen molar-refractivity contribution in [2.75, 3.05) is 32.7 Å². The van der Waals surface area contributed by atoms with Crippen LogP contribution >= 0.6 is 34.5 Å². The number of rotatable bonds is 8. The van der Waals surface area contributed by atoms with Gasteiger partial charge in [-0.25, -0.2) is 0 Å². The largest absolute Gasteiger partial charge is 0.390 e. The SMILES string of the molecule is CC(Cc1ccccc1)CC1(O)CCN(CC2CN(C(=O)c3ccc(Cl)c(Cl)c3)C[C@H]2c2ccsc2)CC1. The van der Waals surface area contributed by atoms with Crippen LogP contribution in [-0.4, -0.2) is 59.1 Å². The van der Waals surface area contributed by atoms with Crippen molar-refractivity contribution >= 4 is 40.4 Å². The molecule has 0 bridgehead atoms. The van der Waals surface area contributed by atoms with E-state index in [1.807, 2.05) is 11.0 Å². The molecule has 38 heavy (non-hydrogen) atoms. The molecule has 0 radical (unpaired) electrons. The van der Waals surface area contributed by atoms with Crippen molar-refractivity contribution < 1.29 is 9.90 Å². The summed E-state index contributed by atoms with van der Waals surface area (Å²) < 4.78 is 0. The number of aliphatic hydroxyl groups is 1. The summed E-state index contributed by atoms with van der Waals surface area (Å²) in [6.45, 7) is 6.39. The first-order valence-corrected chi connectivity index (χ1v) is 15.2. The average Bonchev–Trinajstić information content (AvgIpc) is 3.57. The highest BCUT2D eigenvalue weighted by molar-refractivity contribution is 7.08. The summed E-state index contributed by atoms with van der Waals surface area (Å²) in [5, 5.41) is 16.6. The molecular formula is C31H36Cl2N2O2S. The first-order chi connectivity index (χ1) is 18.3. The maximum absolute atomic E-state index is 13.4. The summed E-state index contributed by atoms with van der Waals surface area (Å²) in [6, 6.07) is 17.9. The van der Waals surface area contributed by atoms with Crippen LogP contribution in [0, 0.1) is 11.8 Å². The zero-order chi connectivity index (χ0) is 26.7. The molecule has 1 aromatic heterocycles. The lowest BCUT2D eigenvalue weighted by Crippen LogP contribution is -2.47. The van der Waals surface area contributed by atoms with Crippen molar-refractivity contribution in [1.82, 2.24) is 9.80 Å². The first kappa shape index (κ1) is 27.7. The van der Waals surface area contributed by atoms with Crippen molar-refractivity contribution in [2.45, 2.75) is 44.1 Å². The van der Waals surface area contributed by atoms with Gasteiger partial charge in [0.2, 0.25) is 0 Å². The fraction of sp³-hybridized carbons (Fsp3) is 0.452. The van der Waals surface area contributed by atoms with Gasteiger partial charge < -0.3 is 14.9 Å². The molecule has 2 saturated heterocycles. The molecule has 0 saturated carbocycles. The molecule has 2 aliphatic heterocycles. The van der Waals surface area contributed by atoms with E-state index in [4.69, 9.17) is 23.2 Å². The summed E-state index contributed by atoms with van der Waals surface area (Å²) in [5.41, 5.74) is 2.63. The lowest BCUT2D eigenvalue weighted by Gasteiger charge is -2.40. The minimum atomic E-state index is -0.594. The lowest BCUT2D eigenvalue weighted by molar-refractivity contribution is -0.0399. The maximum atomic E-state index is 13.4. The van der Waals surface area contributed by atoms with Crippen LogP contribution in [0.15, 0.2) is 65.4 Å². The molecule has 2 unspecified atom stereocenters. The maximum Gasteiger partial charge on any atom is 0.253 e. The average molecular weight is 572 g/mol. The quantitative estimate of drug-likeness (QED) is 0.317. The third-order valence-electron chi connectivity index (χ3n) is 8.30. The Hall–Kier alpha value is -1.89. The second-order valence-corrected chi connectivity index (χ2v) is 12.9. The summed E-state index contributed by atoms with van der Waals surface area (Å²) in [4.78, 5) is 17.8. The molecule has 2 fully saturated rings. The van der Waals surface area contributed by atoms with E-state index < -0.39 is 5.60 Å². The smallest absolute Gasteiger partial charge is 0.253 e. The van der Waals surface area contributed by atoms with E-state index in [1.54, 1.807) is 29.5 Å². The van der Waals surface area contributed by atoms with Gasteiger partial charge in [0.15, 0.2) is 0 Å². The van der Waals surface area contributed by atoms with Crippen LogP contribution in [0.25, 0.3) is 0 Å². The van der Waals surface area contributed by atoms with Crippen molar-refractivity contribution in [3.05, 3.63) is 92.1 Å². The molecule has 3 atom stereocenters. The van der Waals surface area contributed by atoms with Gasteiger partial charge >= 0.3 is 0 Å². The molecule has 0 spiro atoms. The molecule has 202 valence electrons. The predicted molar refractivity (Wildman–Crippen MR) is 157 cm³/mol. The van der Waals surface area contributed by atoms with Gasteiger partial charge in [-0.2, -0.15) is 11.3 Å². The summed E-state index contributed by atoms with van der Waals surface area (Å²) >= 11 is 14.0. The third kappa shape index (κ3) is 6.63. The number of likely N-dealkylation sites (tertiary alicyclic amines) is 2. The Morgan fingerprint density at radius 3 is 2.53 bits per heavy atom. The highest BCUT2D eigenvalue weighted by Gasteiger charge is 2.40. The number of benzene rings is 2. The Balaban J connectivity index is 1.19. The Bertz CT molecular complexity index is 1210. The van der Waals surface area contributed by atoms with Gasteiger partial charge in [0, 0.05) is 44.2 Å².